The SMILES string of the molecule is C=c1/c(=C\N=C(C)Nc2ccc(C(F)(F)F)cc2)nc(-c2c(Cl)cccc2Cl)n1CC(CC)CCCC. The minimum atomic E-state index is -4.38. The van der Waals surface area contributed by atoms with Crippen LogP contribution in [0.5, 0.6) is 0 Å². The van der Waals surface area contributed by atoms with Crippen LogP contribution < -0.4 is 16.0 Å². The fourth-order valence-corrected chi connectivity index (χ4v) is 4.59. The number of imidazole rings is 1. The van der Waals surface area contributed by atoms with Gasteiger partial charge < -0.3 is 9.88 Å². The lowest BCUT2D eigenvalue weighted by Gasteiger charge is -2.18. The zero-order chi connectivity index (χ0) is 27.2. The molecule has 0 saturated heterocycles. The molecule has 37 heavy (non-hydrogen) atoms. The summed E-state index contributed by atoms with van der Waals surface area (Å²) in [7, 11) is 0. The first kappa shape index (κ1) is 28.8. The van der Waals surface area contributed by atoms with E-state index < -0.39 is 11.7 Å². The molecular formula is C28H31Cl2F3N4. The number of alkyl halides is 3. The van der Waals surface area contributed by atoms with E-state index in [1.54, 1.807) is 31.3 Å². The summed E-state index contributed by atoms with van der Waals surface area (Å²) in [4.78, 5) is 9.24. The average Bonchev–Trinajstić information content (AvgIpc) is 3.14. The van der Waals surface area contributed by atoms with Crippen LogP contribution in [0.2, 0.25) is 10.0 Å². The van der Waals surface area contributed by atoms with Gasteiger partial charge in [0.05, 0.1) is 32.7 Å². The summed E-state index contributed by atoms with van der Waals surface area (Å²) < 4.78 is 40.5. The third kappa shape index (κ3) is 7.39. The maximum Gasteiger partial charge on any atom is 0.416 e. The fourth-order valence-electron chi connectivity index (χ4n) is 4.02. The monoisotopic (exact) mass is 550 g/mol. The van der Waals surface area contributed by atoms with Crippen LogP contribution in [0, 0.1) is 5.92 Å². The van der Waals surface area contributed by atoms with Crippen LogP contribution in [0.25, 0.3) is 24.2 Å². The molecule has 0 bridgehead atoms. The Kier molecular flexibility index (Phi) is 9.85. The van der Waals surface area contributed by atoms with Crippen molar-refractivity contribution >= 4 is 47.5 Å². The molecule has 0 aliphatic heterocycles. The minimum Gasteiger partial charge on any atom is -0.344 e. The summed E-state index contributed by atoms with van der Waals surface area (Å²) in [5, 5.41) is 5.24. The number of unbranched alkanes of at least 4 members (excludes halogenated alkanes) is 1. The molecule has 1 aromatic heterocycles. The van der Waals surface area contributed by atoms with Crippen molar-refractivity contribution in [2.45, 2.75) is 59.2 Å². The Morgan fingerprint density at radius 3 is 2.35 bits per heavy atom. The topological polar surface area (TPSA) is 42.2 Å². The molecule has 2 aromatic carbocycles. The number of aromatic nitrogens is 2. The van der Waals surface area contributed by atoms with Crippen molar-refractivity contribution in [1.82, 2.24) is 9.55 Å². The first-order valence-corrected chi connectivity index (χ1v) is 13.0. The molecule has 0 fully saturated rings. The third-order valence-corrected chi connectivity index (χ3v) is 6.82. The van der Waals surface area contributed by atoms with Gasteiger partial charge in [-0.05, 0) is 55.7 Å². The lowest BCUT2D eigenvalue weighted by Crippen LogP contribution is -2.30. The summed E-state index contributed by atoms with van der Waals surface area (Å²) in [6.07, 6.45) is 1.58. The Morgan fingerprint density at radius 1 is 1.14 bits per heavy atom. The zero-order valence-corrected chi connectivity index (χ0v) is 22.7. The number of aliphatic imine (C=N–C) groups is 1. The van der Waals surface area contributed by atoms with E-state index in [0.717, 1.165) is 44.4 Å². The maximum atomic E-state index is 12.8. The largest absolute Gasteiger partial charge is 0.416 e. The van der Waals surface area contributed by atoms with Crippen molar-refractivity contribution in [2.24, 2.45) is 10.9 Å². The standard InChI is InChI=1S/C28H31Cl2F3N4/c1-5-7-9-20(6-2)17-37-18(3)25(36-27(37)26-23(29)10-8-11-24(26)30)16-34-19(4)35-22-14-12-21(13-15-22)28(31,32)33/h8,10-16,20H,3,5-7,9,17H2,1-2,4H3,(H,34,35)/b25-16+. The highest BCUT2D eigenvalue weighted by atomic mass is 35.5. The van der Waals surface area contributed by atoms with E-state index in [1.165, 1.54) is 12.1 Å². The van der Waals surface area contributed by atoms with Crippen LogP contribution in [-0.2, 0) is 12.7 Å². The van der Waals surface area contributed by atoms with Crippen molar-refractivity contribution < 1.29 is 13.2 Å². The lowest BCUT2D eigenvalue weighted by molar-refractivity contribution is -0.137. The molecule has 9 heteroatoms. The van der Waals surface area contributed by atoms with Crippen molar-refractivity contribution in [3.63, 3.8) is 0 Å². The second kappa shape index (κ2) is 12.7. The van der Waals surface area contributed by atoms with Gasteiger partial charge in [-0.25, -0.2) is 9.98 Å². The highest BCUT2D eigenvalue weighted by molar-refractivity contribution is 6.39. The third-order valence-electron chi connectivity index (χ3n) is 6.19. The highest BCUT2D eigenvalue weighted by Crippen LogP contribution is 2.33. The van der Waals surface area contributed by atoms with Crippen molar-refractivity contribution in [3.8, 4) is 11.4 Å². The Labute approximate surface area is 225 Å². The first-order valence-electron chi connectivity index (χ1n) is 12.2. The highest BCUT2D eigenvalue weighted by Gasteiger charge is 2.29. The molecule has 1 unspecified atom stereocenters. The minimum absolute atomic E-state index is 0.439. The van der Waals surface area contributed by atoms with Crippen LogP contribution in [0.4, 0.5) is 18.9 Å². The van der Waals surface area contributed by atoms with Crippen LogP contribution in [0.1, 0.15) is 52.0 Å². The van der Waals surface area contributed by atoms with Gasteiger partial charge in [0, 0.05) is 12.2 Å². The second-order valence-corrected chi connectivity index (χ2v) is 9.75. The van der Waals surface area contributed by atoms with E-state index in [2.05, 4.69) is 35.3 Å². The van der Waals surface area contributed by atoms with E-state index in [9.17, 15) is 13.2 Å². The zero-order valence-electron chi connectivity index (χ0n) is 21.2. The Balaban J connectivity index is 1.99. The van der Waals surface area contributed by atoms with Gasteiger partial charge in [-0.15, -0.1) is 0 Å². The molecule has 1 heterocycles. The van der Waals surface area contributed by atoms with Gasteiger partial charge in [0.1, 0.15) is 17.0 Å². The molecule has 3 aromatic rings. The van der Waals surface area contributed by atoms with Gasteiger partial charge in [-0.1, -0.05) is 69.0 Å². The molecule has 198 valence electrons. The average molecular weight is 551 g/mol. The number of nitrogens with one attached hydrogen (secondary N) is 1. The predicted octanol–water partition coefficient (Wildman–Crippen LogP) is 7.77. The number of halogens is 5. The molecule has 4 nitrogen and oxygen atoms in total. The molecule has 0 saturated carbocycles. The Bertz CT molecular complexity index is 1330. The van der Waals surface area contributed by atoms with Gasteiger partial charge in [-0.2, -0.15) is 13.2 Å². The molecular weight excluding hydrogens is 520 g/mol. The van der Waals surface area contributed by atoms with Crippen LogP contribution >= 0.6 is 23.2 Å². The molecule has 1 atom stereocenters. The molecule has 0 aliphatic rings. The number of nitrogens with zero attached hydrogens (tertiary/aromatic N) is 3. The fraction of sp³-hybridized carbons (Fsp3) is 0.357. The number of amidine groups is 1. The van der Waals surface area contributed by atoms with E-state index >= 15 is 0 Å². The molecule has 3 rings (SSSR count). The van der Waals surface area contributed by atoms with E-state index in [0.29, 0.717) is 49.6 Å². The smallest absolute Gasteiger partial charge is 0.344 e. The van der Waals surface area contributed by atoms with Crippen LogP contribution in [0.15, 0.2) is 47.5 Å². The predicted molar refractivity (Wildman–Crippen MR) is 148 cm³/mol. The molecule has 0 amide bonds. The molecule has 0 spiro atoms. The summed E-state index contributed by atoms with van der Waals surface area (Å²) in [6.45, 7) is 11.1. The number of hydrogen-bond donors (Lipinski definition) is 1. The molecule has 0 radical (unpaired) electrons. The van der Waals surface area contributed by atoms with Crippen molar-refractivity contribution in [1.29, 1.82) is 0 Å². The molecule has 0 aliphatic carbocycles. The maximum absolute atomic E-state index is 12.8. The number of hydrogen-bond acceptors (Lipinski definition) is 2. The van der Waals surface area contributed by atoms with Gasteiger partial charge in [0.2, 0.25) is 0 Å². The van der Waals surface area contributed by atoms with E-state index in [4.69, 9.17) is 28.2 Å². The summed E-state index contributed by atoms with van der Waals surface area (Å²) in [5.74, 6) is 1.56. The van der Waals surface area contributed by atoms with Gasteiger partial charge >= 0.3 is 6.18 Å². The second-order valence-electron chi connectivity index (χ2n) is 8.93. The van der Waals surface area contributed by atoms with Crippen molar-refractivity contribution in [2.75, 3.05) is 5.32 Å². The first-order chi connectivity index (χ1) is 17.5. The number of benzene rings is 2. The van der Waals surface area contributed by atoms with Gasteiger partial charge in [-0.3, -0.25) is 0 Å². The number of anilines is 1. The van der Waals surface area contributed by atoms with Crippen molar-refractivity contribution in [3.05, 3.63) is 68.8 Å². The molecule has 1 N–H and O–H groups in total. The normalized spacial score (nSPS) is 13.7. The quantitative estimate of drug-likeness (QED) is 0.218. The van der Waals surface area contributed by atoms with Crippen LogP contribution in [-0.4, -0.2) is 15.4 Å². The lowest BCUT2D eigenvalue weighted by atomic mass is 9.99. The van der Waals surface area contributed by atoms with E-state index in [1.807, 2.05) is 0 Å². The summed E-state index contributed by atoms with van der Waals surface area (Å²) in [6, 6.07) is 10.1. The Morgan fingerprint density at radius 2 is 1.78 bits per heavy atom. The van der Waals surface area contributed by atoms with Crippen LogP contribution in [0.3, 0.4) is 0 Å². The van der Waals surface area contributed by atoms with Gasteiger partial charge in [0.25, 0.3) is 0 Å². The summed E-state index contributed by atoms with van der Waals surface area (Å²) >= 11 is 13.1. The number of rotatable bonds is 9. The van der Waals surface area contributed by atoms with Gasteiger partial charge in [0.15, 0.2) is 0 Å². The van der Waals surface area contributed by atoms with E-state index in [-0.39, 0.29) is 0 Å². The Hall–Kier alpha value is -2.77. The summed E-state index contributed by atoms with van der Waals surface area (Å²) in [5.41, 5.74) is 0.430.